The fourth-order valence-corrected chi connectivity index (χ4v) is 2.58. The van der Waals surface area contributed by atoms with Gasteiger partial charge in [0.15, 0.2) is 0 Å². The molecule has 0 amide bonds. The van der Waals surface area contributed by atoms with Crippen LogP contribution in [0.1, 0.15) is 32.8 Å². The van der Waals surface area contributed by atoms with Gasteiger partial charge in [-0.05, 0) is 31.5 Å². The molecule has 0 bridgehead atoms. The third-order valence-electron chi connectivity index (χ3n) is 4.04. The van der Waals surface area contributed by atoms with Crippen molar-refractivity contribution in [1.29, 1.82) is 5.26 Å². The number of hydrogen-bond donors (Lipinski definition) is 2. The number of nitrogens with zero attached hydrogens (tertiary/aromatic N) is 1. The molecule has 2 unspecified atom stereocenters. The van der Waals surface area contributed by atoms with Gasteiger partial charge in [0.05, 0.1) is 17.4 Å². The minimum Gasteiger partial charge on any atom is -0.399 e. The Morgan fingerprint density at radius 2 is 2.26 bits per heavy atom. The molecule has 4 nitrogen and oxygen atoms in total. The topological polar surface area (TPSA) is 71.1 Å². The molecular formula is C15H21N3O. The van der Waals surface area contributed by atoms with E-state index >= 15 is 0 Å². The molecule has 1 aliphatic carbocycles. The summed E-state index contributed by atoms with van der Waals surface area (Å²) in [5, 5.41) is 12.6. The Bertz CT molecular complexity index is 505. The molecule has 1 saturated carbocycles. The van der Waals surface area contributed by atoms with Gasteiger partial charge in [-0.3, -0.25) is 0 Å². The number of hydrogen-bond acceptors (Lipinski definition) is 4. The quantitative estimate of drug-likeness (QED) is 0.816. The first-order valence-electron chi connectivity index (χ1n) is 6.66. The third-order valence-corrected chi connectivity index (χ3v) is 4.04. The van der Waals surface area contributed by atoms with Gasteiger partial charge in [-0.2, -0.15) is 5.26 Å². The van der Waals surface area contributed by atoms with Crippen LogP contribution in [0.5, 0.6) is 0 Å². The van der Waals surface area contributed by atoms with Crippen LogP contribution in [0.25, 0.3) is 0 Å². The fraction of sp³-hybridized carbons (Fsp3) is 0.533. The standard InChI is InChI=1S/C15H21N3O/c1-4-19-14-8-13(15(14,2)3)18-12-6-5-11(17)7-10(12)9-16/h5-7,13-14,18H,4,8,17H2,1-3H3. The van der Waals surface area contributed by atoms with Gasteiger partial charge in [-0.1, -0.05) is 13.8 Å². The molecule has 0 saturated heterocycles. The van der Waals surface area contributed by atoms with Crippen molar-refractivity contribution in [2.45, 2.75) is 39.3 Å². The third kappa shape index (κ3) is 2.52. The molecule has 2 atom stereocenters. The van der Waals surface area contributed by atoms with E-state index in [0.29, 0.717) is 17.3 Å². The molecule has 0 radical (unpaired) electrons. The van der Waals surface area contributed by atoms with Crippen LogP contribution in [0.15, 0.2) is 18.2 Å². The lowest BCUT2D eigenvalue weighted by Crippen LogP contribution is -2.58. The van der Waals surface area contributed by atoms with Crippen molar-refractivity contribution < 1.29 is 4.74 Å². The molecule has 2 rings (SSSR count). The maximum absolute atomic E-state index is 9.14. The van der Waals surface area contributed by atoms with Crippen molar-refractivity contribution in [1.82, 2.24) is 0 Å². The number of ether oxygens (including phenoxy) is 1. The summed E-state index contributed by atoms with van der Waals surface area (Å²) in [6.45, 7) is 7.15. The first kappa shape index (κ1) is 13.7. The summed E-state index contributed by atoms with van der Waals surface area (Å²) in [6, 6.07) is 7.89. The summed E-state index contributed by atoms with van der Waals surface area (Å²) >= 11 is 0. The zero-order valence-corrected chi connectivity index (χ0v) is 11.7. The van der Waals surface area contributed by atoms with E-state index in [1.165, 1.54) is 0 Å². The van der Waals surface area contributed by atoms with Crippen LogP contribution in [0.3, 0.4) is 0 Å². The summed E-state index contributed by atoms with van der Waals surface area (Å²) in [6.07, 6.45) is 1.25. The molecule has 1 aliphatic rings. The highest BCUT2D eigenvalue weighted by molar-refractivity contribution is 5.63. The predicted molar refractivity (Wildman–Crippen MR) is 76.8 cm³/mol. The second-order valence-electron chi connectivity index (χ2n) is 5.61. The Morgan fingerprint density at radius 1 is 1.53 bits per heavy atom. The van der Waals surface area contributed by atoms with Gasteiger partial charge in [0, 0.05) is 23.8 Å². The van der Waals surface area contributed by atoms with Gasteiger partial charge < -0.3 is 15.8 Å². The largest absolute Gasteiger partial charge is 0.399 e. The highest BCUT2D eigenvalue weighted by atomic mass is 16.5. The smallest absolute Gasteiger partial charge is 0.101 e. The van der Waals surface area contributed by atoms with E-state index in [1.807, 2.05) is 19.1 Å². The Labute approximate surface area is 114 Å². The molecule has 4 heteroatoms. The lowest BCUT2D eigenvalue weighted by atomic mass is 9.64. The van der Waals surface area contributed by atoms with Crippen molar-refractivity contribution in [3.8, 4) is 6.07 Å². The maximum Gasteiger partial charge on any atom is 0.101 e. The van der Waals surface area contributed by atoms with Crippen LogP contribution in [0.4, 0.5) is 11.4 Å². The van der Waals surface area contributed by atoms with Crippen molar-refractivity contribution in [2.24, 2.45) is 5.41 Å². The van der Waals surface area contributed by atoms with Gasteiger partial charge in [0.25, 0.3) is 0 Å². The van der Waals surface area contributed by atoms with Crippen LogP contribution in [0.2, 0.25) is 0 Å². The van der Waals surface area contributed by atoms with Crippen LogP contribution < -0.4 is 11.1 Å². The van der Waals surface area contributed by atoms with Crippen molar-refractivity contribution in [3.63, 3.8) is 0 Å². The minimum atomic E-state index is 0.0735. The first-order valence-corrected chi connectivity index (χ1v) is 6.66. The summed E-state index contributed by atoms with van der Waals surface area (Å²) in [7, 11) is 0. The number of nitrogen functional groups attached to an aromatic ring is 1. The van der Waals surface area contributed by atoms with Gasteiger partial charge in [-0.15, -0.1) is 0 Å². The van der Waals surface area contributed by atoms with E-state index in [4.69, 9.17) is 15.7 Å². The van der Waals surface area contributed by atoms with Gasteiger partial charge in [0.2, 0.25) is 0 Å². The number of anilines is 2. The molecule has 1 fully saturated rings. The highest BCUT2D eigenvalue weighted by Gasteiger charge is 2.48. The fourth-order valence-electron chi connectivity index (χ4n) is 2.58. The summed E-state index contributed by atoms with van der Waals surface area (Å²) in [4.78, 5) is 0. The van der Waals surface area contributed by atoms with E-state index in [9.17, 15) is 0 Å². The van der Waals surface area contributed by atoms with Crippen molar-refractivity contribution >= 4 is 11.4 Å². The molecule has 1 aromatic rings. The second-order valence-corrected chi connectivity index (χ2v) is 5.61. The molecule has 0 heterocycles. The average Bonchev–Trinajstić information content (AvgIpc) is 2.39. The maximum atomic E-state index is 9.14. The molecule has 0 spiro atoms. The molecule has 1 aromatic carbocycles. The molecule has 19 heavy (non-hydrogen) atoms. The number of rotatable bonds is 4. The van der Waals surface area contributed by atoms with Gasteiger partial charge >= 0.3 is 0 Å². The van der Waals surface area contributed by atoms with E-state index in [1.54, 1.807) is 6.07 Å². The van der Waals surface area contributed by atoms with Crippen LogP contribution in [0, 0.1) is 16.7 Å². The monoisotopic (exact) mass is 259 g/mol. The Kier molecular flexibility index (Phi) is 3.68. The SMILES string of the molecule is CCOC1CC(Nc2ccc(N)cc2C#N)C1(C)C. The number of nitriles is 1. The molecule has 3 N–H and O–H groups in total. The Hall–Kier alpha value is -1.73. The second kappa shape index (κ2) is 5.10. The molecule has 0 aromatic heterocycles. The van der Waals surface area contributed by atoms with E-state index in [-0.39, 0.29) is 11.5 Å². The average molecular weight is 259 g/mol. The summed E-state index contributed by atoms with van der Waals surface area (Å²) < 4.78 is 5.71. The molecule has 102 valence electrons. The number of nitrogens with two attached hydrogens (primary N) is 1. The highest BCUT2D eigenvalue weighted by Crippen LogP contribution is 2.44. The number of nitrogens with one attached hydrogen (secondary N) is 1. The zero-order chi connectivity index (χ0) is 14.0. The van der Waals surface area contributed by atoms with E-state index in [2.05, 4.69) is 25.2 Å². The first-order chi connectivity index (χ1) is 8.98. The minimum absolute atomic E-state index is 0.0735. The lowest BCUT2D eigenvalue weighted by Gasteiger charge is -2.52. The van der Waals surface area contributed by atoms with Gasteiger partial charge in [-0.25, -0.2) is 0 Å². The Morgan fingerprint density at radius 3 is 2.84 bits per heavy atom. The predicted octanol–water partition coefficient (Wildman–Crippen LogP) is 2.76. The summed E-state index contributed by atoms with van der Waals surface area (Å²) in [5.74, 6) is 0. The molecular weight excluding hydrogens is 238 g/mol. The van der Waals surface area contributed by atoms with E-state index in [0.717, 1.165) is 18.7 Å². The normalized spacial score (nSPS) is 24.3. The van der Waals surface area contributed by atoms with Crippen LogP contribution in [-0.2, 0) is 4.74 Å². The van der Waals surface area contributed by atoms with E-state index < -0.39 is 0 Å². The van der Waals surface area contributed by atoms with Crippen molar-refractivity contribution in [3.05, 3.63) is 23.8 Å². The zero-order valence-electron chi connectivity index (χ0n) is 11.7. The Balaban J connectivity index is 2.10. The number of benzene rings is 1. The molecule has 0 aliphatic heterocycles. The van der Waals surface area contributed by atoms with Crippen molar-refractivity contribution in [2.75, 3.05) is 17.7 Å². The van der Waals surface area contributed by atoms with Crippen LogP contribution in [-0.4, -0.2) is 18.8 Å². The summed E-state index contributed by atoms with van der Waals surface area (Å²) in [5.41, 5.74) is 7.83. The van der Waals surface area contributed by atoms with Crippen LogP contribution >= 0.6 is 0 Å². The lowest BCUT2D eigenvalue weighted by molar-refractivity contribution is -0.0976. The van der Waals surface area contributed by atoms with Gasteiger partial charge in [0.1, 0.15) is 6.07 Å².